The Morgan fingerprint density at radius 3 is 2.09 bits per heavy atom. The summed E-state index contributed by atoms with van der Waals surface area (Å²) in [5.74, 6) is 1.04. The van der Waals surface area contributed by atoms with Crippen LogP contribution >= 0.6 is 0 Å². The number of hydrogen-bond acceptors (Lipinski definition) is 1. The summed E-state index contributed by atoms with van der Waals surface area (Å²) in [6.45, 7) is 0. The third kappa shape index (κ3) is 4.59. The Morgan fingerprint density at radius 2 is 1.64 bits per heavy atom. The zero-order valence-corrected chi connectivity index (χ0v) is 10.8. The molecule has 1 nitrogen and oxygen atoms in total. The molecule has 0 heterocycles. The van der Waals surface area contributed by atoms with Gasteiger partial charge in [-0.25, -0.2) is 0 Å². The maximum Gasteiger partial charge on any atom is -1.00 e. The van der Waals surface area contributed by atoms with Crippen molar-refractivity contribution in [2.45, 2.75) is 9.36 Å². The number of para-hydroxylation sites is 1. The van der Waals surface area contributed by atoms with Gasteiger partial charge in [0.25, 0.3) is 0 Å². The molecule has 0 unspecified atom stereocenters. The van der Waals surface area contributed by atoms with Crippen LogP contribution < -0.4 is 15.3 Å². The molecule has 0 spiro atoms. The molecule has 0 aliphatic rings. The molecule has 0 aliphatic carbocycles. The molecule has 0 fully saturated rings. The number of halogens is 1. The average Bonchev–Trinajstić information content (AvgIpc) is 1.88. The summed E-state index contributed by atoms with van der Waals surface area (Å²) in [5.41, 5.74) is 0. The molecule has 0 aliphatic heterocycles. The van der Waals surface area contributed by atoms with E-state index in [9.17, 15) is 0 Å². The van der Waals surface area contributed by atoms with Gasteiger partial charge >= 0.3 is 70.2 Å². The van der Waals surface area contributed by atoms with E-state index >= 15 is 0 Å². The quantitative estimate of drug-likeness (QED) is 0.694. The van der Waals surface area contributed by atoms with E-state index < -0.39 is 21.9 Å². The molecule has 0 amide bonds. The second-order valence-electron chi connectivity index (χ2n) is 2.48. The minimum absolute atomic E-state index is 0. The van der Waals surface area contributed by atoms with E-state index in [-0.39, 0.29) is 12.4 Å². The predicted octanol–water partition coefficient (Wildman–Crippen LogP) is -0.679. The van der Waals surface area contributed by atoms with Crippen molar-refractivity contribution in [2.24, 2.45) is 0 Å². The fourth-order valence-corrected chi connectivity index (χ4v) is 2.77. The second-order valence-corrected chi connectivity index (χ2v) is 9.14. The van der Waals surface area contributed by atoms with E-state index in [0.717, 1.165) is 5.75 Å². The summed E-state index contributed by atoms with van der Waals surface area (Å²) in [4.78, 5) is 0. The van der Waals surface area contributed by atoms with Crippen LogP contribution in [0.2, 0.25) is 9.36 Å². The molecule has 0 N–H and O–H groups in total. The first-order valence-electron chi connectivity index (χ1n) is 3.51. The van der Waals surface area contributed by atoms with E-state index in [2.05, 4.69) is 9.36 Å². The molecular formula is C8H11ClInO-. The zero-order valence-electron chi connectivity index (χ0n) is 6.75. The Bertz CT molecular complexity index is 189. The summed E-state index contributed by atoms with van der Waals surface area (Å²) in [6.07, 6.45) is 0. The van der Waals surface area contributed by atoms with Gasteiger partial charge in [0.15, 0.2) is 0 Å². The Balaban J connectivity index is 0.000001000. The average molecular weight is 273 g/mol. The van der Waals surface area contributed by atoms with Crippen LogP contribution in [0.15, 0.2) is 30.3 Å². The van der Waals surface area contributed by atoms with Crippen LogP contribution in [-0.4, -0.2) is 21.9 Å². The molecule has 0 radical (unpaired) electrons. The van der Waals surface area contributed by atoms with Crippen molar-refractivity contribution < 1.29 is 15.3 Å². The van der Waals surface area contributed by atoms with E-state index in [1.54, 1.807) is 0 Å². The van der Waals surface area contributed by atoms with Crippen molar-refractivity contribution in [3.63, 3.8) is 0 Å². The van der Waals surface area contributed by atoms with Crippen LogP contribution in [0.5, 0.6) is 5.75 Å². The Hall–Kier alpha value is 0.180. The SMILES string of the molecule is [CH3][In]([CH3])[O]c1ccccc1.[Cl-]. The number of hydrogen-bond donors (Lipinski definition) is 0. The first-order chi connectivity index (χ1) is 4.79. The number of rotatable bonds is 2. The third-order valence-corrected chi connectivity index (χ3v) is 3.24. The van der Waals surface area contributed by atoms with Gasteiger partial charge < -0.3 is 12.4 Å². The Kier molecular flexibility index (Phi) is 5.88. The van der Waals surface area contributed by atoms with Crippen molar-refractivity contribution >= 4 is 21.9 Å². The van der Waals surface area contributed by atoms with Crippen molar-refractivity contribution in [1.29, 1.82) is 0 Å². The summed E-state index contributed by atoms with van der Waals surface area (Å²) >= 11 is -1.49. The topological polar surface area (TPSA) is 9.23 Å². The molecule has 3 heteroatoms. The normalized spacial score (nSPS) is 8.18. The molecule has 0 saturated heterocycles. The molecule has 0 bridgehead atoms. The van der Waals surface area contributed by atoms with Gasteiger partial charge in [-0.05, 0) is 0 Å². The van der Waals surface area contributed by atoms with Crippen LogP contribution in [0.3, 0.4) is 0 Å². The van der Waals surface area contributed by atoms with E-state index in [1.165, 1.54) is 0 Å². The summed E-state index contributed by atoms with van der Waals surface area (Å²) in [6, 6.07) is 10.0. The molecule has 1 aromatic rings. The maximum absolute atomic E-state index is 5.62. The molecular weight excluding hydrogens is 262 g/mol. The molecule has 60 valence electrons. The smallest absolute Gasteiger partial charge is 1.00 e. The van der Waals surface area contributed by atoms with Gasteiger partial charge in [0, 0.05) is 0 Å². The molecule has 11 heavy (non-hydrogen) atoms. The first kappa shape index (κ1) is 11.2. The third-order valence-electron chi connectivity index (χ3n) is 1.11. The number of benzene rings is 1. The van der Waals surface area contributed by atoms with Gasteiger partial charge in [-0.3, -0.25) is 0 Å². The van der Waals surface area contributed by atoms with Crippen LogP contribution in [0.25, 0.3) is 0 Å². The van der Waals surface area contributed by atoms with E-state index in [4.69, 9.17) is 2.85 Å². The first-order valence-corrected chi connectivity index (χ1v) is 11.4. The predicted molar refractivity (Wildman–Crippen MR) is 44.6 cm³/mol. The minimum atomic E-state index is -1.49. The Morgan fingerprint density at radius 1 is 1.09 bits per heavy atom. The summed E-state index contributed by atoms with van der Waals surface area (Å²) in [7, 11) is 0. The van der Waals surface area contributed by atoms with Crippen LogP contribution in [0, 0.1) is 0 Å². The maximum atomic E-state index is 5.62. The van der Waals surface area contributed by atoms with Crippen molar-refractivity contribution in [2.75, 3.05) is 0 Å². The van der Waals surface area contributed by atoms with Gasteiger partial charge in [-0.2, -0.15) is 0 Å². The summed E-state index contributed by atoms with van der Waals surface area (Å²) < 4.78 is 10.1. The zero-order chi connectivity index (χ0) is 7.40. The van der Waals surface area contributed by atoms with E-state index in [1.807, 2.05) is 30.3 Å². The van der Waals surface area contributed by atoms with Crippen molar-refractivity contribution in [3.05, 3.63) is 30.3 Å². The van der Waals surface area contributed by atoms with Crippen molar-refractivity contribution in [1.82, 2.24) is 0 Å². The minimum Gasteiger partial charge on any atom is -1.00 e. The monoisotopic (exact) mass is 273 g/mol. The summed E-state index contributed by atoms with van der Waals surface area (Å²) in [5, 5.41) is 0. The molecule has 0 atom stereocenters. The Labute approximate surface area is 82.3 Å². The van der Waals surface area contributed by atoms with Crippen molar-refractivity contribution in [3.8, 4) is 5.75 Å². The van der Waals surface area contributed by atoms with Crippen LogP contribution in [0.1, 0.15) is 0 Å². The largest absolute Gasteiger partial charge is 1.00 e. The van der Waals surface area contributed by atoms with Crippen LogP contribution in [0.4, 0.5) is 0 Å². The fraction of sp³-hybridized carbons (Fsp3) is 0.250. The molecule has 0 saturated carbocycles. The standard InChI is InChI=1S/C6H6O.2CH3.ClH.In/c7-6-4-2-1-3-5-6;;;;/h1-5,7H;2*1H3;1H;/q;;;;+1/p-2. The van der Waals surface area contributed by atoms with E-state index in [0.29, 0.717) is 0 Å². The second kappa shape index (κ2) is 5.78. The van der Waals surface area contributed by atoms with Gasteiger partial charge in [-0.1, -0.05) is 0 Å². The molecule has 0 aromatic heterocycles. The molecule has 1 aromatic carbocycles. The fourth-order valence-electron chi connectivity index (χ4n) is 0.771. The van der Waals surface area contributed by atoms with Crippen LogP contribution in [-0.2, 0) is 0 Å². The van der Waals surface area contributed by atoms with Gasteiger partial charge in [0.2, 0.25) is 0 Å². The van der Waals surface area contributed by atoms with Gasteiger partial charge in [-0.15, -0.1) is 0 Å². The molecule has 1 rings (SSSR count). The van der Waals surface area contributed by atoms with Gasteiger partial charge in [0.05, 0.1) is 0 Å². The van der Waals surface area contributed by atoms with Gasteiger partial charge in [0.1, 0.15) is 0 Å².